The minimum atomic E-state index is -1.56. The molecule has 0 saturated heterocycles. The number of hydrogen-bond acceptors (Lipinski definition) is 1. The van der Waals surface area contributed by atoms with Gasteiger partial charge in [0.25, 0.3) is 0 Å². The highest BCUT2D eigenvalue weighted by molar-refractivity contribution is 5.82. The molecule has 0 N–H and O–H groups in total. The van der Waals surface area contributed by atoms with Crippen molar-refractivity contribution in [1.29, 1.82) is 0 Å². The maximum Gasteiger partial charge on any atom is 0.195 e. The Morgan fingerprint density at radius 3 is 2.39 bits per heavy atom. The lowest BCUT2D eigenvalue weighted by Gasteiger charge is -1.99. The molecule has 0 radical (unpaired) electrons. The van der Waals surface area contributed by atoms with Gasteiger partial charge in [0, 0.05) is 11.8 Å². The van der Waals surface area contributed by atoms with Crippen LogP contribution in [-0.2, 0) is 0 Å². The van der Waals surface area contributed by atoms with E-state index in [1.165, 1.54) is 18.2 Å². The zero-order chi connectivity index (χ0) is 13.1. The Morgan fingerprint density at radius 2 is 1.67 bits per heavy atom. The summed E-state index contributed by atoms with van der Waals surface area (Å²) in [5.41, 5.74) is 0.0392. The van der Waals surface area contributed by atoms with Gasteiger partial charge in [0.15, 0.2) is 17.5 Å². The third kappa shape index (κ3) is 2.56. The molecule has 0 atom stereocenters. The first kappa shape index (κ1) is 12.3. The van der Waals surface area contributed by atoms with Crippen molar-refractivity contribution in [2.24, 2.45) is 4.99 Å². The third-order valence-corrected chi connectivity index (χ3v) is 2.23. The van der Waals surface area contributed by atoms with E-state index < -0.39 is 23.3 Å². The number of hydrogen-bond donors (Lipinski definition) is 0. The van der Waals surface area contributed by atoms with Crippen LogP contribution in [0, 0.1) is 23.3 Å². The molecule has 0 aliphatic rings. The first-order valence-corrected chi connectivity index (χ1v) is 5.01. The summed E-state index contributed by atoms with van der Waals surface area (Å²) in [5.74, 6) is -4.64. The van der Waals surface area contributed by atoms with E-state index in [2.05, 4.69) is 4.99 Å². The van der Waals surface area contributed by atoms with E-state index in [1.807, 2.05) is 0 Å². The Kier molecular flexibility index (Phi) is 3.41. The molecule has 0 aliphatic heterocycles. The topological polar surface area (TPSA) is 12.4 Å². The van der Waals surface area contributed by atoms with Crippen molar-refractivity contribution in [2.75, 3.05) is 0 Å². The number of benzene rings is 2. The molecular weight excluding hydrogens is 246 g/mol. The van der Waals surface area contributed by atoms with Crippen LogP contribution in [0.1, 0.15) is 5.56 Å². The SMILES string of the molecule is Fc1cccc(N=Cc2ccc(F)c(F)c2F)c1. The van der Waals surface area contributed by atoms with E-state index in [-0.39, 0.29) is 11.3 Å². The third-order valence-electron chi connectivity index (χ3n) is 2.23. The average Bonchev–Trinajstić information content (AvgIpc) is 2.35. The predicted octanol–water partition coefficient (Wildman–Crippen LogP) is 3.99. The van der Waals surface area contributed by atoms with Gasteiger partial charge in [-0.2, -0.15) is 0 Å². The molecule has 0 spiro atoms. The Labute approximate surface area is 100 Å². The Bertz CT molecular complexity index is 608. The summed E-state index contributed by atoms with van der Waals surface area (Å²) >= 11 is 0. The summed E-state index contributed by atoms with van der Waals surface area (Å²) < 4.78 is 51.7. The molecule has 1 nitrogen and oxygen atoms in total. The molecule has 18 heavy (non-hydrogen) atoms. The molecule has 2 aromatic rings. The maximum atomic E-state index is 13.3. The summed E-state index contributed by atoms with van der Waals surface area (Å²) in [6.45, 7) is 0. The molecule has 0 aromatic heterocycles. The Hall–Kier alpha value is -2.17. The summed E-state index contributed by atoms with van der Waals surface area (Å²) in [7, 11) is 0. The fourth-order valence-corrected chi connectivity index (χ4v) is 1.34. The van der Waals surface area contributed by atoms with E-state index >= 15 is 0 Å². The van der Waals surface area contributed by atoms with Crippen LogP contribution in [0.4, 0.5) is 23.2 Å². The van der Waals surface area contributed by atoms with Gasteiger partial charge >= 0.3 is 0 Å². The van der Waals surface area contributed by atoms with Crippen molar-refractivity contribution in [1.82, 2.24) is 0 Å². The van der Waals surface area contributed by atoms with Crippen LogP contribution in [0.3, 0.4) is 0 Å². The van der Waals surface area contributed by atoms with Gasteiger partial charge in [-0.25, -0.2) is 17.6 Å². The van der Waals surface area contributed by atoms with Crippen molar-refractivity contribution < 1.29 is 17.6 Å². The first-order chi connectivity index (χ1) is 8.58. The fourth-order valence-electron chi connectivity index (χ4n) is 1.34. The lowest BCUT2D eigenvalue weighted by atomic mass is 10.2. The molecular formula is C13H7F4N. The molecule has 5 heteroatoms. The van der Waals surface area contributed by atoms with E-state index in [9.17, 15) is 17.6 Å². The number of aliphatic imine (C=N–C) groups is 1. The second-order valence-electron chi connectivity index (χ2n) is 3.50. The van der Waals surface area contributed by atoms with E-state index in [0.717, 1.165) is 24.4 Å². The number of halogens is 4. The van der Waals surface area contributed by atoms with Gasteiger partial charge in [0.2, 0.25) is 0 Å². The van der Waals surface area contributed by atoms with Crippen LogP contribution >= 0.6 is 0 Å². The molecule has 0 amide bonds. The van der Waals surface area contributed by atoms with Gasteiger partial charge in [0.05, 0.1) is 5.69 Å². The molecule has 0 unspecified atom stereocenters. The number of rotatable bonds is 2. The van der Waals surface area contributed by atoms with Gasteiger partial charge in [-0.15, -0.1) is 0 Å². The minimum Gasteiger partial charge on any atom is -0.256 e. The van der Waals surface area contributed by atoms with Gasteiger partial charge in [-0.3, -0.25) is 4.99 Å². The largest absolute Gasteiger partial charge is 0.256 e. The van der Waals surface area contributed by atoms with E-state index in [4.69, 9.17) is 0 Å². The van der Waals surface area contributed by atoms with Crippen LogP contribution in [0.25, 0.3) is 0 Å². The predicted molar refractivity (Wildman–Crippen MR) is 60.0 cm³/mol. The Balaban J connectivity index is 2.32. The van der Waals surface area contributed by atoms with Crippen LogP contribution in [0.2, 0.25) is 0 Å². The Morgan fingerprint density at radius 1 is 0.889 bits per heavy atom. The lowest BCUT2D eigenvalue weighted by Crippen LogP contribution is -1.96. The second kappa shape index (κ2) is 5.00. The first-order valence-electron chi connectivity index (χ1n) is 5.01. The summed E-state index contributed by atoms with van der Waals surface area (Å²) in [4.78, 5) is 3.77. The highest BCUT2D eigenvalue weighted by Gasteiger charge is 2.11. The molecule has 2 aromatic carbocycles. The van der Waals surface area contributed by atoms with E-state index in [1.54, 1.807) is 0 Å². The second-order valence-corrected chi connectivity index (χ2v) is 3.50. The van der Waals surface area contributed by atoms with Crippen LogP contribution in [-0.4, -0.2) is 6.21 Å². The van der Waals surface area contributed by atoms with Gasteiger partial charge < -0.3 is 0 Å². The van der Waals surface area contributed by atoms with Gasteiger partial charge in [-0.05, 0) is 30.3 Å². The average molecular weight is 253 g/mol. The monoisotopic (exact) mass is 253 g/mol. The molecule has 0 fully saturated rings. The molecule has 0 heterocycles. The van der Waals surface area contributed by atoms with Crippen LogP contribution < -0.4 is 0 Å². The summed E-state index contributed by atoms with van der Waals surface area (Å²) in [5, 5.41) is 0. The van der Waals surface area contributed by atoms with Crippen molar-refractivity contribution in [3.05, 3.63) is 65.2 Å². The molecule has 2 rings (SSSR count). The zero-order valence-electron chi connectivity index (χ0n) is 9.00. The standard InChI is InChI=1S/C13H7F4N/c14-9-2-1-3-10(6-9)18-7-8-4-5-11(15)13(17)12(8)16/h1-7H. The normalized spacial score (nSPS) is 11.1. The highest BCUT2D eigenvalue weighted by Crippen LogP contribution is 2.16. The smallest absolute Gasteiger partial charge is 0.195 e. The van der Waals surface area contributed by atoms with Crippen molar-refractivity contribution >= 4 is 11.9 Å². The van der Waals surface area contributed by atoms with Crippen LogP contribution in [0.15, 0.2) is 41.4 Å². The zero-order valence-corrected chi connectivity index (χ0v) is 9.00. The molecule has 0 saturated carbocycles. The quantitative estimate of drug-likeness (QED) is 0.436. The van der Waals surface area contributed by atoms with Crippen molar-refractivity contribution in [3.8, 4) is 0 Å². The minimum absolute atomic E-state index is 0.210. The molecule has 0 bridgehead atoms. The maximum absolute atomic E-state index is 13.3. The van der Waals surface area contributed by atoms with Crippen molar-refractivity contribution in [3.63, 3.8) is 0 Å². The number of nitrogens with zero attached hydrogens (tertiary/aromatic N) is 1. The summed E-state index contributed by atoms with van der Waals surface area (Å²) in [6, 6.07) is 7.15. The molecule has 0 aliphatic carbocycles. The highest BCUT2D eigenvalue weighted by atomic mass is 19.2. The van der Waals surface area contributed by atoms with Gasteiger partial charge in [0.1, 0.15) is 5.82 Å². The van der Waals surface area contributed by atoms with E-state index in [0.29, 0.717) is 0 Å². The molecule has 92 valence electrons. The van der Waals surface area contributed by atoms with Crippen molar-refractivity contribution in [2.45, 2.75) is 0 Å². The van der Waals surface area contributed by atoms with Crippen LogP contribution in [0.5, 0.6) is 0 Å². The lowest BCUT2D eigenvalue weighted by molar-refractivity contribution is 0.446. The van der Waals surface area contributed by atoms with Gasteiger partial charge in [-0.1, -0.05) is 6.07 Å². The fraction of sp³-hybridized carbons (Fsp3) is 0. The summed E-state index contributed by atoms with van der Waals surface area (Å²) in [6.07, 6.45) is 1.01.